The molecular weight excluding hydrogens is 383 g/mol. The van der Waals surface area contributed by atoms with Crippen LogP contribution in [-0.2, 0) is 28.6 Å². The highest BCUT2D eigenvalue weighted by Crippen LogP contribution is 2.29. The molecule has 1 aliphatic heterocycles. The maximum absolute atomic E-state index is 12.4. The molecule has 0 bridgehead atoms. The Hall–Kier alpha value is -1.98. The van der Waals surface area contributed by atoms with Gasteiger partial charge in [-0.3, -0.25) is 4.90 Å². The van der Waals surface area contributed by atoms with Gasteiger partial charge in [0.25, 0.3) is 0 Å². The van der Waals surface area contributed by atoms with Crippen LogP contribution in [0.2, 0.25) is 0 Å². The van der Waals surface area contributed by atoms with Crippen molar-refractivity contribution in [3.8, 4) is 0 Å². The molecule has 0 aromatic carbocycles. The molecule has 1 heterocycles. The average molecular weight is 403 g/mol. The molecule has 0 fully saturated rings. The van der Waals surface area contributed by atoms with Gasteiger partial charge >= 0.3 is 27.7 Å². The molecule has 0 saturated carbocycles. The fourth-order valence-electron chi connectivity index (χ4n) is 2.03. The minimum absolute atomic E-state index is 0.203. The second-order valence-corrected chi connectivity index (χ2v) is 7.90. The summed E-state index contributed by atoms with van der Waals surface area (Å²) in [7, 11) is -4.76. The van der Waals surface area contributed by atoms with Gasteiger partial charge in [-0.2, -0.15) is 21.6 Å². The second-order valence-electron chi connectivity index (χ2n) is 6.36. The first-order chi connectivity index (χ1) is 11.7. The number of esters is 1. The number of rotatable bonds is 3. The highest BCUT2D eigenvalue weighted by Gasteiger charge is 2.49. The smallest absolute Gasteiger partial charge is 0.467 e. The van der Waals surface area contributed by atoms with E-state index in [0.717, 1.165) is 18.1 Å². The minimum atomic E-state index is -5.84. The zero-order chi connectivity index (χ0) is 20.3. The molecule has 150 valence electrons. The fourth-order valence-corrected chi connectivity index (χ4v) is 2.56. The van der Waals surface area contributed by atoms with E-state index in [1.165, 1.54) is 0 Å². The Morgan fingerprint density at radius 2 is 1.81 bits per heavy atom. The van der Waals surface area contributed by atoms with Crippen LogP contribution in [0.3, 0.4) is 0 Å². The lowest BCUT2D eigenvalue weighted by molar-refractivity contribution is -0.146. The molecule has 12 heteroatoms. The van der Waals surface area contributed by atoms with E-state index < -0.39 is 51.6 Å². The predicted molar refractivity (Wildman–Crippen MR) is 82.1 cm³/mol. The summed E-state index contributed by atoms with van der Waals surface area (Å²) in [6.07, 6.45) is -0.445. The van der Waals surface area contributed by atoms with Crippen LogP contribution in [-0.4, -0.2) is 56.2 Å². The van der Waals surface area contributed by atoms with E-state index in [-0.39, 0.29) is 12.8 Å². The van der Waals surface area contributed by atoms with Gasteiger partial charge in [0.2, 0.25) is 0 Å². The molecule has 0 radical (unpaired) electrons. The van der Waals surface area contributed by atoms with Crippen molar-refractivity contribution in [1.29, 1.82) is 0 Å². The summed E-state index contributed by atoms with van der Waals surface area (Å²) in [6.45, 7) is 4.39. The largest absolute Gasteiger partial charge is 0.534 e. The van der Waals surface area contributed by atoms with Gasteiger partial charge in [-0.05, 0) is 33.3 Å². The van der Waals surface area contributed by atoms with Gasteiger partial charge in [-0.25, -0.2) is 9.59 Å². The van der Waals surface area contributed by atoms with Gasteiger partial charge in [-0.15, -0.1) is 0 Å². The summed E-state index contributed by atoms with van der Waals surface area (Å²) < 4.78 is 73.4. The molecule has 0 N–H and O–H groups in total. The molecule has 1 rings (SSSR count). The number of carbonyl (C=O) groups is 2. The first kappa shape index (κ1) is 22.1. The Labute approximate surface area is 149 Å². The molecule has 26 heavy (non-hydrogen) atoms. The lowest BCUT2D eigenvalue weighted by Crippen LogP contribution is -2.47. The molecule has 1 amide bonds. The van der Waals surface area contributed by atoms with E-state index in [1.54, 1.807) is 20.8 Å². The molecule has 0 unspecified atom stereocenters. The van der Waals surface area contributed by atoms with Crippen LogP contribution in [0.15, 0.2) is 11.8 Å². The predicted octanol–water partition coefficient (Wildman–Crippen LogP) is 2.31. The highest BCUT2D eigenvalue weighted by atomic mass is 32.2. The molecule has 1 aliphatic rings. The van der Waals surface area contributed by atoms with Crippen molar-refractivity contribution in [1.82, 2.24) is 4.90 Å². The van der Waals surface area contributed by atoms with E-state index in [4.69, 9.17) is 4.74 Å². The van der Waals surface area contributed by atoms with Crippen molar-refractivity contribution in [2.45, 2.75) is 50.8 Å². The van der Waals surface area contributed by atoms with Crippen molar-refractivity contribution in [3.05, 3.63) is 11.8 Å². The summed E-state index contributed by atoms with van der Waals surface area (Å²) in [5.74, 6) is -1.34. The van der Waals surface area contributed by atoms with Crippen molar-refractivity contribution in [3.63, 3.8) is 0 Å². The zero-order valence-electron chi connectivity index (χ0n) is 14.6. The Bertz CT molecular complexity index is 680. The Kier molecular flexibility index (Phi) is 6.55. The average Bonchev–Trinajstić information content (AvgIpc) is 2.65. The lowest BCUT2D eigenvalue weighted by Gasteiger charge is -2.30. The molecule has 0 aromatic heterocycles. The third-order valence-corrected chi connectivity index (χ3v) is 4.16. The van der Waals surface area contributed by atoms with Gasteiger partial charge in [0.15, 0.2) is 0 Å². The van der Waals surface area contributed by atoms with E-state index >= 15 is 0 Å². The first-order valence-electron chi connectivity index (χ1n) is 7.45. The monoisotopic (exact) mass is 403 g/mol. The first-order valence-corrected chi connectivity index (χ1v) is 8.86. The van der Waals surface area contributed by atoms with Crippen molar-refractivity contribution >= 4 is 22.2 Å². The van der Waals surface area contributed by atoms with Crippen LogP contribution in [0.5, 0.6) is 0 Å². The Morgan fingerprint density at radius 3 is 2.27 bits per heavy atom. The third-order valence-electron chi connectivity index (χ3n) is 3.16. The van der Waals surface area contributed by atoms with E-state index in [9.17, 15) is 31.2 Å². The maximum Gasteiger partial charge on any atom is 0.534 e. The summed E-state index contributed by atoms with van der Waals surface area (Å²) in [4.78, 5) is 25.1. The van der Waals surface area contributed by atoms with Crippen molar-refractivity contribution < 1.29 is 44.8 Å². The number of halogens is 3. The van der Waals surface area contributed by atoms with Gasteiger partial charge in [0.1, 0.15) is 17.4 Å². The zero-order valence-corrected chi connectivity index (χ0v) is 15.4. The van der Waals surface area contributed by atoms with Crippen LogP contribution in [0, 0.1) is 0 Å². The molecule has 1 atom stereocenters. The maximum atomic E-state index is 12.4. The molecule has 8 nitrogen and oxygen atoms in total. The van der Waals surface area contributed by atoms with E-state index in [1.807, 2.05) is 0 Å². The van der Waals surface area contributed by atoms with Crippen LogP contribution in [0.4, 0.5) is 18.0 Å². The minimum Gasteiger partial charge on any atom is -0.467 e. The third kappa shape index (κ3) is 5.78. The fraction of sp³-hybridized carbons (Fsp3) is 0.714. The summed E-state index contributed by atoms with van der Waals surface area (Å²) in [6, 6.07) is -1.17. The van der Waals surface area contributed by atoms with Crippen LogP contribution >= 0.6 is 0 Å². The normalized spacial score (nSPS) is 19.3. The Balaban J connectivity index is 3.07. The van der Waals surface area contributed by atoms with Gasteiger partial charge in [0.05, 0.1) is 7.11 Å². The number of nitrogens with zero attached hydrogens (tertiary/aromatic N) is 1. The Morgan fingerprint density at radius 1 is 1.23 bits per heavy atom. The topological polar surface area (TPSA) is 99.2 Å². The summed E-state index contributed by atoms with van der Waals surface area (Å²) in [5.41, 5.74) is -6.47. The van der Waals surface area contributed by atoms with Gasteiger partial charge in [0, 0.05) is 13.0 Å². The van der Waals surface area contributed by atoms with E-state index in [2.05, 4.69) is 8.92 Å². The second kappa shape index (κ2) is 7.72. The number of ether oxygens (including phenoxy) is 2. The van der Waals surface area contributed by atoms with E-state index in [0.29, 0.717) is 0 Å². The van der Waals surface area contributed by atoms with Crippen molar-refractivity contribution in [2.75, 3.05) is 13.7 Å². The highest BCUT2D eigenvalue weighted by molar-refractivity contribution is 7.87. The lowest BCUT2D eigenvalue weighted by atomic mass is 10.1. The summed E-state index contributed by atoms with van der Waals surface area (Å²) in [5, 5.41) is 0. The summed E-state index contributed by atoms with van der Waals surface area (Å²) >= 11 is 0. The SMILES string of the molecule is COC(=O)[C@@H]1CCC(OS(=O)(=O)C(F)(F)F)=CCN1C(=O)OC(C)(C)C. The standard InChI is InChI=1S/C14H20F3NO7S/c1-13(2,3)24-12(20)18-8-7-9(5-6-10(18)11(19)23-4)25-26(21,22)14(15,16)17/h7,10H,5-6,8H2,1-4H3/t10-/m0/s1. The van der Waals surface area contributed by atoms with Crippen molar-refractivity contribution in [2.24, 2.45) is 0 Å². The van der Waals surface area contributed by atoms with Gasteiger partial charge in [-0.1, -0.05) is 0 Å². The molecule has 0 spiro atoms. The molecule has 0 aromatic rings. The number of methoxy groups -OCH3 is 1. The van der Waals surface area contributed by atoms with Crippen LogP contribution in [0.1, 0.15) is 33.6 Å². The van der Waals surface area contributed by atoms with Crippen LogP contribution < -0.4 is 0 Å². The quantitative estimate of drug-likeness (QED) is 0.405. The van der Waals surface area contributed by atoms with Crippen LogP contribution in [0.25, 0.3) is 0 Å². The number of amides is 1. The number of allylic oxidation sites excluding steroid dienone is 1. The molecule has 0 saturated heterocycles. The number of carbonyl (C=O) groups excluding carboxylic acids is 2. The number of hydrogen-bond acceptors (Lipinski definition) is 7. The number of alkyl halides is 3. The molecular formula is C14H20F3NO7S. The molecule has 0 aliphatic carbocycles. The number of hydrogen-bond donors (Lipinski definition) is 0. The van der Waals surface area contributed by atoms with Gasteiger partial charge < -0.3 is 13.7 Å².